The molecule has 1 unspecified atom stereocenters. The van der Waals surface area contributed by atoms with E-state index in [-0.39, 0.29) is 17.7 Å². The lowest BCUT2D eigenvalue weighted by atomic mass is 10.4. The van der Waals surface area contributed by atoms with Crippen molar-refractivity contribution in [2.75, 3.05) is 13.1 Å². The number of hydrogen-bond acceptors (Lipinski definition) is 4. The lowest BCUT2D eigenvalue weighted by Gasteiger charge is -2.09. The first-order chi connectivity index (χ1) is 6.71. The summed E-state index contributed by atoms with van der Waals surface area (Å²) >= 11 is 0. The molecule has 6 heteroatoms. The molecule has 0 spiro atoms. The van der Waals surface area contributed by atoms with Gasteiger partial charge >= 0.3 is 0 Å². The molecule has 1 saturated heterocycles. The van der Waals surface area contributed by atoms with Gasteiger partial charge < -0.3 is 5.32 Å². The van der Waals surface area contributed by atoms with Crippen LogP contribution in [0.2, 0.25) is 0 Å². The standard InChI is InChI=1S/C9H12N2O2S.ClH/c12-14(13,9-3-6-11-7-9)8-1-4-10-5-2-8;/h1-2,4-5,9,11H,3,6-7H2;1H. The highest BCUT2D eigenvalue weighted by Crippen LogP contribution is 2.19. The zero-order valence-corrected chi connectivity index (χ0v) is 9.72. The monoisotopic (exact) mass is 248 g/mol. The van der Waals surface area contributed by atoms with E-state index in [4.69, 9.17) is 0 Å². The van der Waals surface area contributed by atoms with Crippen LogP contribution in [0, 0.1) is 0 Å². The second-order valence-corrected chi connectivity index (χ2v) is 5.57. The van der Waals surface area contributed by atoms with Crippen LogP contribution in [0.3, 0.4) is 0 Å². The third kappa shape index (κ3) is 2.48. The number of pyridine rings is 1. The molecule has 1 aliphatic heterocycles. The van der Waals surface area contributed by atoms with E-state index in [1.807, 2.05) is 0 Å². The average molecular weight is 249 g/mol. The molecule has 84 valence electrons. The van der Waals surface area contributed by atoms with Gasteiger partial charge in [-0.05, 0) is 25.1 Å². The maximum Gasteiger partial charge on any atom is 0.182 e. The van der Waals surface area contributed by atoms with Gasteiger partial charge in [0.05, 0.1) is 10.1 Å². The Balaban J connectivity index is 0.00000112. The van der Waals surface area contributed by atoms with Gasteiger partial charge in [0, 0.05) is 18.9 Å². The van der Waals surface area contributed by atoms with Crippen LogP contribution in [-0.2, 0) is 9.84 Å². The third-order valence-electron chi connectivity index (χ3n) is 2.43. The number of halogens is 1. The number of nitrogens with one attached hydrogen (secondary N) is 1. The second-order valence-electron chi connectivity index (χ2n) is 3.34. The fourth-order valence-electron chi connectivity index (χ4n) is 1.61. The Hall–Kier alpha value is -0.650. The minimum absolute atomic E-state index is 0. The Morgan fingerprint density at radius 1 is 1.33 bits per heavy atom. The molecule has 2 heterocycles. The van der Waals surface area contributed by atoms with Crippen LogP contribution in [0.15, 0.2) is 29.4 Å². The summed E-state index contributed by atoms with van der Waals surface area (Å²) < 4.78 is 23.9. The van der Waals surface area contributed by atoms with Gasteiger partial charge in [0.1, 0.15) is 0 Å². The lowest BCUT2D eigenvalue weighted by molar-refractivity contribution is 0.583. The smallest absolute Gasteiger partial charge is 0.182 e. The number of nitrogens with zero attached hydrogens (tertiary/aromatic N) is 1. The zero-order valence-electron chi connectivity index (χ0n) is 8.09. The Labute approximate surface area is 95.4 Å². The van der Waals surface area contributed by atoms with Crippen LogP contribution in [-0.4, -0.2) is 31.7 Å². The Morgan fingerprint density at radius 2 is 2.00 bits per heavy atom. The van der Waals surface area contributed by atoms with Gasteiger partial charge in [-0.25, -0.2) is 8.42 Å². The van der Waals surface area contributed by atoms with Gasteiger partial charge in [0.2, 0.25) is 0 Å². The molecule has 0 saturated carbocycles. The molecule has 1 fully saturated rings. The minimum atomic E-state index is -3.14. The topological polar surface area (TPSA) is 59.1 Å². The highest BCUT2D eigenvalue weighted by atomic mass is 35.5. The van der Waals surface area contributed by atoms with Gasteiger partial charge in [-0.1, -0.05) is 0 Å². The van der Waals surface area contributed by atoms with Crippen LogP contribution < -0.4 is 5.32 Å². The SMILES string of the molecule is Cl.O=S(=O)(c1ccncc1)C1CCNC1. The summed E-state index contributed by atoms with van der Waals surface area (Å²) in [5, 5.41) is 2.78. The largest absolute Gasteiger partial charge is 0.315 e. The first kappa shape index (κ1) is 12.4. The van der Waals surface area contributed by atoms with E-state index in [1.54, 1.807) is 12.1 Å². The highest BCUT2D eigenvalue weighted by molar-refractivity contribution is 7.92. The molecule has 0 radical (unpaired) electrons. The average Bonchev–Trinajstić information content (AvgIpc) is 2.72. The van der Waals surface area contributed by atoms with E-state index in [2.05, 4.69) is 10.3 Å². The van der Waals surface area contributed by atoms with Crippen molar-refractivity contribution < 1.29 is 8.42 Å². The third-order valence-corrected chi connectivity index (χ3v) is 4.64. The molecular weight excluding hydrogens is 236 g/mol. The van der Waals surface area contributed by atoms with E-state index in [0.29, 0.717) is 17.9 Å². The quantitative estimate of drug-likeness (QED) is 0.835. The van der Waals surface area contributed by atoms with Crippen LogP contribution in [0.25, 0.3) is 0 Å². The fourth-order valence-corrected chi connectivity index (χ4v) is 3.26. The summed E-state index contributed by atoms with van der Waals surface area (Å²) in [6.45, 7) is 1.35. The molecule has 1 aliphatic rings. The van der Waals surface area contributed by atoms with Crippen molar-refractivity contribution >= 4 is 22.2 Å². The van der Waals surface area contributed by atoms with E-state index in [0.717, 1.165) is 6.54 Å². The predicted molar refractivity (Wildman–Crippen MR) is 59.9 cm³/mol. The van der Waals surface area contributed by atoms with Gasteiger partial charge in [-0.15, -0.1) is 12.4 Å². The van der Waals surface area contributed by atoms with Crippen molar-refractivity contribution in [1.29, 1.82) is 0 Å². The van der Waals surface area contributed by atoms with E-state index < -0.39 is 9.84 Å². The van der Waals surface area contributed by atoms with E-state index >= 15 is 0 Å². The number of rotatable bonds is 2. The molecule has 1 atom stereocenters. The van der Waals surface area contributed by atoms with Crippen LogP contribution in [0.4, 0.5) is 0 Å². The molecule has 1 N–H and O–H groups in total. The summed E-state index contributed by atoms with van der Waals surface area (Å²) in [6.07, 6.45) is 3.72. The highest BCUT2D eigenvalue weighted by Gasteiger charge is 2.29. The summed E-state index contributed by atoms with van der Waals surface area (Å²) in [7, 11) is -3.14. The van der Waals surface area contributed by atoms with Gasteiger partial charge in [0.25, 0.3) is 0 Å². The molecular formula is C9H13ClN2O2S. The van der Waals surface area contributed by atoms with Crippen LogP contribution in [0.1, 0.15) is 6.42 Å². The zero-order chi connectivity index (χ0) is 10.0. The molecule has 1 aromatic rings. The summed E-state index contributed by atoms with van der Waals surface area (Å²) in [5.74, 6) is 0. The maximum absolute atomic E-state index is 12.0. The molecule has 4 nitrogen and oxygen atoms in total. The number of aromatic nitrogens is 1. The summed E-state index contributed by atoms with van der Waals surface area (Å²) in [5.41, 5.74) is 0. The number of hydrogen-bond donors (Lipinski definition) is 1. The van der Waals surface area contributed by atoms with E-state index in [9.17, 15) is 8.42 Å². The van der Waals surface area contributed by atoms with Crippen LogP contribution in [0.5, 0.6) is 0 Å². The van der Waals surface area contributed by atoms with Gasteiger partial charge in [-0.2, -0.15) is 0 Å². The normalized spacial score (nSPS) is 20.9. The van der Waals surface area contributed by atoms with Crippen molar-refractivity contribution in [3.63, 3.8) is 0 Å². The molecule has 0 aliphatic carbocycles. The van der Waals surface area contributed by atoms with Crippen LogP contribution >= 0.6 is 12.4 Å². The Morgan fingerprint density at radius 3 is 2.53 bits per heavy atom. The van der Waals surface area contributed by atoms with Crippen molar-refractivity contribution in [2.45, 2.75) is 16.6 Å². The first-order valence-corrected chi connectivity index (χ1v) is 6.10. The lowest BCUT2D eigenvalue weighted by Crippen LogP contribution is -2.23. The van der Waals surface area contributed by atoms with Crippen molar-refractivity contribution in [3.05, 3.63) is 24.5 Å². The van der Waals surface area contributed by atoms with Crippen molar-refractivity contribution in [2.24, 2.45) is 0 Å². The first-order valence-electron chi connectivity index (χ1n) is 4.56. The van der Waals surface area contributed by atoms with E-state index in [1.165, 1.54) is 12.4 Å². The molecule has 0 aromatic carbocycles. The molecule has 2 rings (SSSR count). The molecule has 0 amide bonds. The fraction of sp³-hybridized carbons (Fsp3) is 0.444. The second kappa shape index (κ2) is 4.92. The molecule has 1 aromatic heterocycles. The number of sulfone groups is 1. The van der Waals surface area contributed by atoms with Crippen molar-refractivity contribution in [3.8, 4) is 0 Å². The Bertz CT molecular complexity index is 401. The minimum Gasteiger partial charge on any atom is -0.315 e. The molecule has 0 bridgehead atoms. The van der Waals surface area contributed by atoms with Crippen molar-refractivity contribution in [1.82, 2.24) is 10.3 Å². The maximum atomic E-state index is 12.0. The molecule has 15 heavy (non-hydrogen) atoms. The summed E-state index contributed by atoms with van der Waals surface area (Å²) in [6, 6.07) is 3.10. The van der Waals surface area contributed by atoms with Gasteiger partial charge in [0.15, 0.2) is 9.84 Å². The predicted octanol–water partition coefficient (Wildman–Crippen LogP) is 0.639. The summed E-state index contributed by atoms with van der Waals surface area (Å²) in [4.78, 5) is 4.18. The van der Waals surface area contributed by atoms with Gasteiger partial charge in [-0.3, -0.25) is 4.98 Å². The Kier molecular flexibility index (Phi) is 4.07.